The lowest BCUT2D eigenvalue weighted by Crippen LogP contribution is -2.30. The third-order valence-electron chi connectivity index (χ3n) is 2.99. The van der Waals surface area contributed by atoms with E-state index in [1.54, 1.807) is 0 Å². The fourth-order valence-electron chi connectivity index (χ4n) is 1.80. The Morgan fingerprint density at radius 2 is 2.00 bits per heavy atom. The second-order valence-electron chi connectivity index (χ2n) is 4.05. The minimum atomic E-state index is -3.66. The van der Waals surface area contributed by atoms with Crippen molar-refractivity contribution in [1.29, 1.82) is 0 Å². The molecular weight excluding hydrogens is 228 g/mol. The topological polar surface area (TPSA) is 71.4 Å². The molecule has 0 saturated heterocycles. The van der Waals surface area contributed by atoms with Gasteiger partial charge in [-0.2, -0.15) is 0 Å². The molecule has 1 fully saturated rings. The van der Waals surface area contributed by atoms with E-state index in [4.69, 9.17) is 0 Å². The molecule has 2 rings (SSSR count). The normalized spacial score (nSPS) is 18.1. The zero-order valence-electron chi connectivity index (χ0n) is 8.80. The number of carbonyl (C=O) groups is 1. The third kappa shape index (κ3) is 1.43. The van der Waals surface area contributed by atoms with Crippen LogP contribution in [-0.4, -0.2) is 24.1 Å². The summed E-state index contributed by atoms with van der Waals surface area (Å²) in [5.74, 6) is -0.434. The van der Waals surface area contributed by atoms with Crippen molar-refractivity contribution in [3.8, 4) is 5.75 Å². The van der Waals surface area contributed by atoms with Crippen LogP contribution in [0.25, 0.3) is 0 Å². The van der Waals surface area contributed by atoms with Crippen molar-refractivity contribution in [2.75, 3.05) is 0 Å². The van der Waals surface area contributed by atoms with Crippen molar-refractivity contribution in [2.45, 2.75) is 29.4 Å². The maximum absolute atomic E-state index is 12.2. The zero-order valence-corrected chi connectivity index (χ0v) is 9.62. The van der Waals surface area contributed by atoms with Crippen molar-refractivity contribution in [1.82, 2.24) is 0 Å². The third-order valence-corrected chi connectivity index (χ3v) is 5.59. The minimum Gasteiger partial charge on any atom is -0.508 e. The number of benzene rings is 1. The van der Waals surface area contributed by atoms with Gasteiger partial charge in [-0.3, -0.25) is 4.79 Å². The summed E-state index contributed by atoms with van der Waals surface area (Å²) in [6.45, 7) is 1.30. The van der Waals surface area contributed by atoms with Gasteiger partial charge in [0.15, 0.2) is 15.6 Å². The van der Waals surface area contributed by atoms with E-state index in [0.717, 1.165) is 0 Å². The van der Waals surface area contributed by atoms with Crippen molar-refractivity contribution in [3.63, 3.8) is 0 Å². The van der Waals surface area contributed by atoms with Crippen molar-refractivity contribution in [3.05, 3.63) is 24.3 Å². The number of phenols is 1. The van der Waals surface area contributed by atoms with Crippen molar-refractivity contribution in [2.24, 2.45) is 0 Å². The van der Waals surface area contributed by atoms with E-state index in [9.17, 15) is 18.3 Å². The molecule has 0 bridgehead atoms. The van der Waals surface area contributed by atoms with Gasteiger partial charge in [-0.25, -0.2) is 8.42 Å². The van der Waals surface area contributed by atoms with Crippen LogP contribution in [0.2, 0.25) is 0 Å². The zero-order chi connectivity index (χ0) is 12.0. The molecule has 0 atom stereocenters. The fourth-order valence-corrected chi connectivity index (χ4v) is 3.80. The molecule has 1 aromatic carbocycles. The Morgan fingerprint density at radius 3 is 2.44 bits per heavy atom. The molecule has 86 valence electrons. The van der Waals surface area contributed by atoms with Crippen LogP contribution in [0.4, 0.5) is 0 Å². The summed E-state index contributed by atoms with van der Waals surface area (Å²) >= 11 is 0. The smallest absolute Gasteiger partial charge is 0.191 e. The van der Waals surface area contributed by atoms with Crippen LogP contribution in [0, 0.1) is 0 Å². The summed E-state index contributed by atoms with van der Waals surface area (Å²) in [5.41, 5.74) is 0. The number of hydrogen-bond donors (Lipinski definition) is 1. The molecule has 4 nitrogen and oxygen atoms in total. The molecule has 5 heteroatoms. The number of aromatic hydroxyl groups is 1. The SMILES string of the molecule is CC(=O)C1(S(=O)(=O)c2cccc(O)c2)CC1. The van der Waals surface area contributed by atoms with Gasteiger partial charge < -0.3 is 5.11 Å². The van der Waals surface area contributed by atoms with Gasteiger partial charge in [-0.05, 0) is 38.0 Å². The number of hydrogen-bond acceptors (Lipinski definition) is 4. The van der Waals surface area contributed by atoms with Crippen LogP contribution in [0.5, 0.6) is 5.75 Å². The van der Waals surface area contributed by atoms with E-state index < -0.39 is 14.6 Å². The number of Topliss-reactive ketones (excluding diaryl/α,β-unsaturated/α-hetero) is 1. The molecule has 0 spiro atoms. The molecule has 1 aliphatic carbocycles. The van der Waals surface area contributed by atoms with Gasteiger partial charge in [-0.1, -0.05) is 6.07 Å². The van der Waals surface area contributed by atoms with E-state index in [2.05, 4.69) is 0 Å². The fraction of sp³-hybridized carbons (Fsp3) is 0.364. The first kappa shape index (κ1) is 11.1. The Labute approximate surface area is 93.8 Å². The Bertz CT molecular complexity index is 541. The maximum Gasteiger partial charge on any atom is 0.191 e. The predicted octanol–water partition coefficient (Wildman–Crippen LogP) is 1.29. The highest BCUT2D eigenvalue weighted by Gasteiger charge is 2.58. The average Bonchev–Trinajstić information content (AvgIpc) is 2.98. The number of rotatable bonds is 3. The van der Waals surface area contributed by atoms with E-state index >= 15 is 0 Å². The van der Waals surface area contributed by atoms with Crippen LogP contribution in [0.3, 0.4) is 0 Å². The molecule has 1 aromatic rings. The van der Waals surface area contributed by atoms with E-state index in [1.165, 1.54) is 31.2 Å². The van der Waals surface area contributed by atoms with E-state index in [1.807, 2.05) is 0 Å². The molecule has 0 amide bonds. The molecule has 1 aliphatic rings. The summed E-state index contributed by atoms with van der Waals surface area (Å²) in [4.78, 5) is 11.4. The quantitative estimate of drug-likeness (QED) is 0.864. The molecule has 1 N–H and O–H groups in total. The second kappa shape index (κ2) is 3.31. The monoisotopic (exact) mass is 240 g/mol. The molecule has 16 heavy (non-hydrogen) atoms. The van der Waals surface area contributed by atoms with Crippen LogP contribution in [0.1, 0.15) is 19.8 Å². The highest BCUT2D eigenvalue weighted by atomic mass is 32.2. The van der Waals surface area contributed by atoms with Gasteiger partial charge in [0.05, 0.1) is 4.90 Å². The molecule has 0 heterocycles. The Morgan fingerprint density at radius 1 is 1.38 bits per heavy atom. The molecule has 0 aromatic heterocycles. The first-order valence-corrected chi connectivity index (χ1v) is 6.43. The summed E-state index contributed by atoms with van der Waals surface area (Å²) in [7, 11) is -3.66. The first-order chi connectivity index (χ1) is 7.40. The van der Waals surface area contributed by atoms with Gasteiger partial charge >= 0.3 is 0 Å². The molecule has 0 aliphatic heterocycles. The summed E-state index contributed by atoms with van der Waals surface area (Å²) in [5, 5.41) is 9.25. The Kier molecular flexibility index (Phi) is 2.31. The van der Waals surface area contributed by atoms with Crippen molar-refractivity contribution >= 4 is 15.6 Å². The molecular formula is C11H12O4S. The Hall–Kier alpha value is -1.36. The summed E-state index contributed by atoms with van der Waals surface area (Å²) in [6.07, 6.45) is 0.751. The van der Waals surface area contributed by atoms with Crippen LogP contribution < -0.4 is 0 Å². The van der Waals surface area contributed by atoms with Crippen LogP contribution >= 0.6 is 0 Å². The average molecular weight is 240 g/mol. The van der Waals surface area contributed by atoms with Crippen LogP contribution in [0.15, 0.2) is 29.2 Å². The minimum absolute atomic E-state index is 0.0141. The predicted molar refractivity (Wildman–Crippen MR) is 57.9 cm³/mol. The molecule has 0 unspecified atom stereocenters. The number of sulfone groups is 1. The van der Waals surface area contributed by atoms with Gasteiger partial charge in [0.1, 0.15) is 10.5 Å². The summed E-state index contributed by atoms with van der Waals surface area (Å²) in [6, 6.07) is 5.43. The van der Waals surface area contributed by atoms with Gasteiger partial charge in [0, 0.05) is 0 Å². The second-order valence-corrected chi connectivity index (χ2v) is 6.31. The van der Waals surface area contributed by atoms with E-state index in [0.29, 0.717) is 12.8 Å². The van der Waals surface area contributed by atoms with Gasteiger partial charge in [0.2, 0.25) is 0 Å². The lowest BCUT2D eigenvalue weighted by atomic mass is 10.3. The molecule has 0 radical (unpaired) electrons. The lowest BCUT2D eigenvalue weighted by Gasteiger charge is -2.12. The Balaban J connectivity index is 2.52. The number of carbonyl (C=O) groups excluding carboxylic acids is 1. The highest BCUT2D eigenvalue weighted by Crippen LogP contribution is 2.47. The first-order valence-electron chi connectivity index (χ1n) is 4.95. The van der Waals surface area contributed by atoms with Crippen molar-refractivity contribution < 1.29 is 18.3 Å². The number of ketones is 1. The maximum atomic E-state index is 12.2. The van der Waals surface area contributed by atoms with Crippen LogP contribution in [-0.2, 0) is 14.6 Å². The standard InChI is InChI=1S/C11H12O4S/c1-8(12)11(5-6-11)16(14,15)10-4-2-3-9(13)7-10/h2-4,7,13H,5-6H2,1H3. The van der Waals surface area contributed by atoms with Gasteiger partial charge in [0.25, 0.3) is 0 Å². The number of phenolic OH excluding ortho intramolecular Hbond substituents is 1. The lowest BCUT2D eigenvalue weighted by molar-refractivity contribution is -0.117. The largest absolute Gasteiger partial charge is 0.508 e. The summed E-state index contributed by atoms with van der Waals surface area (Å²) < 4.78 is 23.1. The molecule has 1 saturated carbocycles. The van der Waals surface area contributed by atoms with E-state index in [-0.39, 0.29) is 16.4 Å². The van der Waals surface area contributed by atoms with Gasteiger partial charge in [-0.15, -0.1) is 0 Å². The highest BCUT2D eigenvalue weighted by molar-refractivity contribution is 7.94.